The van der Waals surface area contributed by atoms with Crippen molar-refractivity contribution < 1.29 is 9.53 Å². The first-order chi connectivity index (χ1) is 14.4. The molecule has 2 aromatic heterocycles. The maximum atomic E-state index is 12.6. The van der Waals surface area contributed by atoms with Crippen LogP contribution in [0.5, 0.6) is 0 Å². The molecule has 7 nitrogen and oxygen atoms in total. The maximum absolute atomic E-state index is 12.6. The molecule has 0 saturated heterocycles. The summed E-state index contributed by atoms with van der Waals surface area (Å²) in [5.74, 6) is 0.801. The van der Waals surface area contributed by atoms with Gasteiger partial charge in [-0.2, -0.15) is 5.10 Å². The minimum absolute atomic E-state index is 0.0682. The number of rotatable bonds is 4. The van der Waals surface area contributed by atoms with E-state index < -0.39 is 5.97 Å². The molecule has 0 spiro atoms. The Balaban J connectivity index is 1.73. The molecule has 1 aliphatic rings. The van der Waals surface area contributed by atoms with E-state index in [2.05, 4.69) is 40.4 Å². The number of esters is 1. The molecule has 3 heterocycles. The fourth-order valence-corrected chi connectivity index (χ4v) is 3.78. The lowest BCUT2D eigenvalue weighted by Gasteiger charge is -2.31. The highest BCUT2D eigenvalue weighted by Crippen LogP contribution is 2.30. The molecule has 1 aromatic carbocycles. The van der Waals surface area contributed by atoms with Gasteiger partial charge in [0.1, 0.15) is 11.4 Å². The first kappa shape index (κ1) is 20.1. The molecule has 0 amide bonds. The van der Waals surface area contributed by atoms with Gasteiger partial charge in [-0.05, 0) is 27.7 Å². The fourth-order valence-electron chi connectivity index (χ4n) is 3.78. The zero-order valence-corrected chi connectivity index (χ0v) is 17.9. The monoisotopic (exact) mass is 405 g/mol. The molecule has 0 fully saturated rings. The molecule has 0 atom stereocenters. The molecule has 1 aliphatic heterocycles. The first-order valence-electron chi connectivity index (χ1n) is 10.3. The summed E-state index contributed by atoms with van der Waals surface area (Å²) in [7, 11) is 0. The predicted molar refractivity (Wildman–Crippen MR) is 115 cm³/mol. The third-order valence-corrected chi connectivity index (χ3v) is 5.17. The van der Waals surface area contributed by atoms with E-state index in [1.165, 1.54) is 5.69 Å². The average Bonchev–Trinajstić information content (AvgIpc) is 3.18. The van der Waals surface area contributed by atoms with E-state index in [4.69, 9.17) is 9.72 Å². The van der Waals surface area contributed by atoms with Crippen molar-refractivity contribution in [2.75, 3.05) is 18.1 Å². The van der Waals surface area contributed by atoms with Gasteiger partial charge < -0.3 is 9.64 Å². The second-order valence-electron chi connectivity index (χ2n) is 8.39. The Kier molecular flexibility index (Phi) is 5.28. The summed E-state index contributed by atoms with van der Waals surface area (Å²) in [5.41, 5.74) is 3.64. The highest BCUT2D eigenvalue weighted by Gasteiger charge is 2.29. The Labute approximate surface area is 176 Å². The second-order valence-corrected chi connectivity index (χ2v) is 8.39. The lowest BCUT2D eigenvalue weighted by Crippen LogP contribution is -2.35. The van der Waals surface area contributed by atoms with Crippen molar-refractivity contribution in [3.05, 3.63) is 59.5 Å². The van der Waals surface area contributed by atoms with Crippen LogP contribution in [-0.2, 0) is 23.2 Å². The number of anilines is 1. The van der Waals surface area contributed by atoms with Crippen molar-refractivity contribution in [3.63, 3.8) is 0 Å². The highest BCUT2D eigenvalue weighted by atomic mass is 16.5. The topological polar surface area (TPSA) is 73.1 Å². The Bertz CT molecular complexity index is 1050. The Morgan fingerprint density at radius 2 is 1.93 bits per heavy atom. The Hall–Kier alpha value is -3.22. The normalized spacial score (nSPS) is 13.8. The summed E-state index contributed by atoms with van der Waals surface area (Å²) in [6, 6.07) is 9.78. The van der Waals surface area contributed by atoms with Crippen molar-refractivity contribution in [1.29, 1.82) is 0 Å². The molecule has 30 heavy (non-hydrogen) atoms. The number of fused-ring (bicyclic) bond motifs is 1. The van der Waals surface area contributed by atoms with Crippen LogP contribution in [0.3, 0.4) is 0 Å². The summed E-state index contributed by atoms with van der Waals surface area (Å²) in [6.07, 6.45) is 4.34. The number of aromatic nitrogens is 4. The smallest absolute Gasteiger partial charge is 0.343 e. The molecule has 4 rings (SSSR count). The number of carbonyl (C=O) groups is 1. The number of benzene rings is 1. The van der Waals surface area contributed by atoms with Crippen LogP contribution in [0.25, 0.3) is 11.4 Å². The molecular formula is C23H27N5O2. The van der Waals surface area contributed by atoms with Gasteiger partial charge in [-0.15, -0.1) is 0 Å². The van der Waals surface area contributed by atoms with Crippen LogP contribution < -0.4 is 4.90 Å². The van der Waals surface area contributed by atoms with Crippen LogP contribution >= 0.6 is 0 Å². The van der Waals surface area contributed by atoms with Gasteiger partial charge >= 0.3 is 5.97 Å². The van der Waals surface area contributed by atoms with Gasteiger partial charge in [0.2, 0.25) is 0 Å². The summed E-state index contributed by atoms with van der Waals surface area (Å²) < 4.78 is 7.36. The molecule has 0 bridgehead atoms. The molecule has 0 unspecified atom stereocenters. The molecule has 0 aliphatic carbocycles. The Morgan fingerprint density at radius 3 is 2.63 bits per heavy atom. The summed E-state index contributed by atoms with van der Waals surface area (Å²) in [4.78, 5) is 23.9. The van der Waals surface area contributed by atoms with Crippen LogP contribution in [0.2, 0.25) is 0 Å². The van der Waals surface area contributed by atoms with Gasteiger partial charge in [-0.3, -0.25) is 4.68 Å². The van der Waals surface area contributed by atoms with Crippen LogP contribution in [-0.4, -0.2) is 38.9 Å². The van der Waals surface area contributed by atoms with Crippen LogP contribution in [0.15, 0.2) is 42.7 Å². The zero-order chi connectivity index (χ0) is 21.3. The van der Waals surface area contributed by atoms with Crippen molar-refractivity contribution in [2.45, 2.75) is 46.2 Å². The van der Waals surface area contributed by atoms with Crippen LogP contribution in [0.1, 0.15) is 49.3 Å². The van der Waals surface area contributed by atoms with Gasteiger partial charge in [0, 0.05) is 42.5 Å². The van der Waals surface area contributed by atoms with Gasteiger partial charge in [-0.1, -0.05) is 30.3 Å². The molecular weight excluding hydrogens is 378 g/mol. The zero-order valence-electron chi connectivity index (χ0n) is 17.9. The van der Waals surface area contributed by atoms with E-state index in [9.17, 15) is 4.79 Å². The summed E-state index contributed by atoms with van der Waals surface area (Å²) >= 11 is 0. The van der Waals surface area contributed by atoms with Gasteiger partial charge in [-0.25, -0.2) is 14.8 Å². The van der Waals surface area contributed by atoms with E-state index in [1.807, 2.05) is 36.5 Å². The summed E-state index contributed by atoms with van der Waals surface area (Å²) in [5, 5.41) is 4.61. The number of hydrogen-bond donors (Lipinski definition) is 0. The summed E-state index contributed by atoms with van der Waals surface area (Å²) in [6.45, 7) is 9.95. The maximum Gasteiger partial charge on any atom is 0.343 e. The van der Waals surface area contributed by atoms with E-state index in [1.54, 1.807) is 13.1 Å². The minimum atomic E-state index is -0.400. The number of nitrogens with zero attached hydrogens (tertiary/aromatic N) is 5. The van der Waals surface area contributed by atoms with Crippen molar-refractivity contribution in [1.82, 2.24) is 19.7 Å². The quantitative estimate of drug-likeness (QED) is 0.614. The van der Waals surface area contributed by atoms with Gasteiger partial charge in [0.15, 0.2) is 5.82 Å². The van der Waals surface area contributed by atoms with E-state index in [-0.39, 0.29) is 5.54 Å². The number of hydrogen-bond acceptors (Lipinski definition) is 6. The largest absolute Gasteiger partial charge is 0.462 e. The second kappa shape index (κ2) is 7.89. The minimum Gasteiger partial charge on any atom is -0.462 e. The van der Waals surface area contributed by atoms with Crippen LogP contribution in [0, 0.1) is 0 Å². The Morgan fingerprint density at radius 1 is 1.17 bits per heavy atom. The SMILES string of the molecule is CCOC(=O)c1cnc(-c2ccccc2)nc1N1CCc2c(cnn2C(C)(C)C)C1. The molecule has 7 heteroatoms. The third-order valence-electron chi connectivity index (χ3n) is 5.17. The molecule has 156 valence electrons. The van der Waals surface area contributed by atoms with E-state index in [0.29, 0.717) is 30.4 Å². The molecule has 0 radical (unpaired) electrons. The van der Waals surface area contributed by atoms with E-state index >= 15 is 0 Å². The lowest BCUT2D eigenvalue weighted by molar-refractivity contribution is 0.0526. The predicted octanol–water partition coefficient (Wildman–Crippen LogP) is 3.83. The average molecular weight is 406 g/mol. The highest BCUT2D eigenvalue weighted by molar-refractivity contribution is 5.95. The van der Waals surface area contributed by atoms with Gasteiger partial charge in [0.25, 0.3) is 0 Å². The fraction of sp³-hybridized carbons (Fsp3) is 0.391. The van der Waals surface area contributed by atoms with Crippen molar-refractivity contribution in [2.24, 2.45) is 0 Å². The molecule has 0 saturated carbocycles. The standard InChI is InChI=1S/C23H27N5O2/c1-5-30-22(29)18-14-24-20(16-9-7-6-8-10-16)26-21(18)27-12-11-19-17(15-27)13-25-28(19)23(2,3)4/h6-10,13-14H,5,11-12,15H2,1-4H3. The van der Waals surface area contributed by atoms with Gasteiger partial charge in [0.05, 0.1) is 18.3 Å². The lowest BCUT2D eigenvalue weighted by atomic mass is 10.0. The van der Waals surface area contributed by atoms with Crippen LogP contribution in [0.4, 0.5) is 5.82 Å². The molecule has 0 N–H and O–H groups in total. The van der Waals surface area contributed by atoms with Crippen molar-refractivity contribution >= 4 is 11.8 Å². The third kappa shape index (κ3) is 3.79. The van der Waals surface area contributed by atoms with Crippen molar-refractivity contribution in [3.8, 4) is 11.4 Å². The van der Waals surface area contributed by atoms with E-state index in [0.717, 1.165) is 24.1 Å². The first-order valence-corrected chi connectivity index (χ1v) is 10.3. The number of carbonyl (C=O) groups excluding carboxylic acids is 1. The molecule has 3 aromatic rings. The number of ether oxygens (including phenoxy) is 1.